The maximum atomic E-state index is 12.6. The molecule has 0 radical (unpaired) electrons. The fourth-order valence-corrected chi connectivity index (χ4v) is 5.32. The zero-order valence-electron chi connectivity index (χ0n) is 18.0. The van der Waals surface area contributed by atoms with Crippen molar-refractivity contribution in [3.63, 3.8) is 0 Å². The van der Waals surface area contributed by atoms with Crippen LogP contribution in [0.15, 0.2) is 54.1 Å². The molecule has 1 aliphatic carbocycles. The predicted molar refractivity (Wildman–Crippen MR) is 134 cm³/mol. The summed E-state index contributed by atoms with van der Waals surface area (Å²) in [5.74, 6) is 1.16. The zero-order valence-corrected chi connectivity index (χ0v) is 19.5. The molecule has 168 valence electrons. The van der Waals surface area contributed by atoms with Gasteiger partial charge < -0.3 is 16.0 Å². The smallest absolute Gasteiger partial charge is 0.251 e. The topological polar surface area (TPSA) is 70.2 Å². The van der Waals surface area contributed by atoms with Crippen molar-refractivity contribution >= 4 is 46.6 Å². The second kappa shape index (κ2) is 10.9. The fourth-order valence-electron chi connectivity index (χ4n) is 3.98. The van der Waals surface area contributed by atoms with Gasteiger partial charge in [-0.2, -0.15) is 11.8 Å². The summed E-state index contributed by atoms with van der Waals surface area (Å²) >= 11 is 7.87. The molecule has 0 aromatic heterocycles. The molecule has 1 atom stereocenters. The molecule has 7 heteroatoms. The molecule has 0 saturated carbocycles. The number of carbonyl (C=O) groups excluding carboxylic acids is 2. The average molecular weight is 470 g/mol. The number of benzene rings is 2. The van der Waals surface area contributed by atoms with Crippen LogP contribution >= 0.6 is 23.4 Å². The number of halogens is 1. The van der Waals surface area contributed by atoms with E-state index in [0.717, 1.165) is 41.3 Å². The summed E-state index contributed by atoms with van der Waals surface area (Å²) in [7, 11) is 0. The second-order valence-electron chi connectivity index (χ2n) is 8.17. The summed E-state index contributed by atoms with van der Waals surface area (Å²) in [6.45, 7) is 0.636. The molecular weight excluding hydrogens is 442 g/mol. The molecule has 1 aliphatic heterocycles. The third-order valence-electron chi connectivity index (χ3n) is 5.80. The third-order valence-corrected chi connectivity index (χ3v) is 7.26. The number of nitrogens with one attached hydrogen (secondary N) is 3. The molecule has 3 N–H and O–H groups in total. The van der Waals surface area contributed by atoms with Crippen molar-refractivity contribution in [2.45, 2.75) is 43.9 Å². The van der Waals surface area contributed by atoms with Crippen LogP contribution in [0.4, 0.5) is 11.4 Å². The van der Waals surface area contributed by atoms with E-state index in [9.17, 15) is 9.59 Å². The van der Waals surface area contributed by atoms with Crippen LogP contribution in [-0.4, -0.2) is 30.2 Å². The number of amides is 2. The predicted octanol–water partition coefficient (Wildman–Crippen LogP) is 5.63. The number of hydrogen-bond donors (Lipinski definition) is 3. The van der Waals surface area contributed by atoms with Gasteiger partial charge in [0, 0.05) is 28.6 Å². The first-order chi connectivity index (χ1) is 15.6. The Hall–Kier alpha value is -2.44. The van der Waals surface area contributed by atoms with Gasteiger partial charge in [-0.05, 0) is 61.9 Å². The number of hydrogen-bond acceptors (Lipinski definition) is 4. The highest BCUT2D eigenvalue weighted by Gasteiger charge is 2.26. The Morgan fingerprint density at radius 2 is 2.03 bits per heavy atom. The van der Waals surface area contributed by atoms with E-state index in [4.69, 9.17) is 11.6 Å². The first-order valence-electron chi connectivity index (χ1n) is 11.1. The summed E-state index contributed by atoms with van der Waals surface area (Å²) < 4.78 is 0. The number of anilines is 2. The summed E-state index contributed by atoms with van der Waals surface area (Å²) in [5.41, 5.74) is 4.53. The lowest BCUT2D eigenvalue weighted by Crippen LogP contribution is -2.40. The van der Waals surface area contributed by atoms with E-state index in [2.05, 4.69) is 22.0 Å². The van der Waals surface area contributed by atoms with Gasteiger partial charge in [0.2, 0.25) is 5.91 Å². The molecule has 0 fully saturated rings. The van der Waals surface area contributed by atoms with E-state index in [1.165, 1.54) is 18.4 Å². The molecule has 0 unspecified atom stereocenters. The van der Waals surface area contributed by atoms with Gasteiger partial charge in [-0.25, -0.2) is 0 Å². The lowest BCUT2D eigenvalue weighted by atomic mass is 9.97. The molecule has 2 amide bonds. The van der Waals surface area contributed by atoms with Crippen LogP contribution in [-0.2, 0) is 10.5 Å². The van der Waals surface area contributed by atoms with Crippen LogP contribution in [0.2, 0.25) is 5.02 Å². The van der Waals surface area contributed by atoms with Crippen LogP contribution in [0.5, 0.6) is 0 Å². The first kappa shape index (κ1) is 22.7. The Bertz CT molecular complexity index is 1020. The molecular formula is C25H28ClN3O2S. The minimum Gasteiger partial charge on any atom is -0.371 e. The largest absolute Gasteiger partial charge is 0.371 e. The van der Waals surface area contributed by atoms with Gasteiger partial charge in [-0.3, -0.25) is 9.59 Å². The Morgan fingerprint density at radius 1 is 1.16 bits per heavy atom. The monoisotopic (exact) mass is 469 g/mol. The minimum atomic E-state index is -0.335. The van der Waals surface area contributed by atoms with Crippen molar-refractivity contribution in [3.8, 4) is 0 Å². The highest BCUT2D eigenvalue weighted by molar-refractivity contribution is 7.98. The number of rotatable bonds is 8. The fraction of sp³-hybridized carbons (Fsp3) is 0.360. The van der Waals surface area contributed by atoms with E-state index in [1.54, 1.807) is 23.9 Å². The summed E-state index contributed by atoms with van der Waals surface area (Å²) in [6.07, 6.45) is 8.02. The van der Waals surface area contributed by atoms with Crippen LogP contribution in [0.3, 0.4) is 0 Å². The molecule has 0 saturated heterocycles. The lowest BCUT2D eigenvalue weighted by Gasteiger charge is -2.27. The van der Waals surface area contributed by atoms with Crippen LogP contribution < -0.4 is 16.0 Å². The lowest BCUT2D eigenvalue weighted by molar-refractivity contribution is -0.116. The molecule has 32 heavy (non-hydrogen) atoms. The molecule has 4 rings (SSSR count). The van der Waals surface area contributed by atoms with E-state index in [-0.39, 0.29) is 17.9 Å². The van der Waals surface area contributed by atoms with E-state index in [1.807, 2.05) is 30.3 Å². The van der Waals surface area contributed by atoms with Crippen molar-refractivity contribution in [1.29, 1.82) is 0 Å². The summed E-state index contributed by atoms with van der Waals surface area (Å²) in [5, 5.41) is 9.98. The maximum Gasteiger partial charge on any atom is 0.251 e. The number of thioether (sulfide) groups is 1. The van der Waals surface area contributed by atoms with Gasteiger partial charge in [0.05, 0.1) is 11.4 Å². The Morgan fingerprint density at radius 3 is 2.84 bits per heavy atom. The van der Waals surface area contributed by atoms with Crippen LogP contribution in [0.25, 0.3) is 0 Å². The zero-order chi connectivity index (χ0) is 22.3. The van der Waals surface area contributed by atoms with Crippen LogP contribution in [0.1, 0.15) is 48.0 Å². The third kappa shape index (κ3) is 5.87. The van der Waals surface area contributed by atoms with Gasteiger partial charge in [0.15, 0.2) is 0 Å². The van der Waals surface area contributed by atoms with E-state index < -0.39 is 0 Å². The molecule has 0 bridgehead atoms. The SMILES string of the molecule is O=C(NCCC1=CCCCC1)c1ccc2c(c1)NC(=O)[C@H](CSCc1ccccc1Cl)N2. The summed E-state index contributed by atoms with van der Waals surface area (Å²) in [6, 6.07) is 12.8. The first-order valence-corrected chi connectivity index (χ1v) is 12.6. The van der Waals surface area contributed by atoms with Crippen molar-refractivity contribution in [1.82, 2.24) is 5.32 Å². The minimum absolute atomic E-state index is 0.0917. The highest BCUT2D eigenvalue weighted by atomic mass is 35.5. The van der Waals surface area contributed by atoms with Gasteiger partial charge in [-0.15, -0.1) is 0 Å². The normalized spacial score (nSPS) is 17.6. The standard InChI is InChI=1S/C25H28ClN3O2S/c26-20-9-5-4-8-19(20)15-32-16-23-25(31)29-22-14-18(10-11-21(22)28-23)24(30)27-13-12-17-6-2-1-3-7-17/h4-6,8-11,14,23,28H,1-3,7,12-13,15-16H2,(H,27,30)(H,29,31)/t23-/m0/s1. The van der Waals surface area contributed by atoms with E-state index >= 15 is 0 Å². The van der Waals surface area contributed by atoms with E-state index in [0.29, 0.717) is 23.5 Å². The molecule has 1 heterocycles. The number of fused-ring (bicyclic) bond motifs is 1. The Labute approximate surface area is 198 Å². The van der Waals surface area contributed by atoms with Gasteiger partial charge in [0.1, 0.15) is 6.04 Å². The average Bonchev–Trinajstić information content (AvgIpc) is 2.81. The highest BCUT2D eigenvalue weighted by Crippen LogP contribution is 2.30. The Balaban J connectivity index is 1.29. The van der Waals surface area contributed by atoms with Crippen molar-refractivity contribution in [3.05, 3.63) is 70.3 Å². The molecule has 2 aromatic rings. The van der Waals surface area contributed by atoms with Gasteiger partial charge in [-0.1, -0.05) is 41.4 Å². The molecule has 2 aromatic carbocycles. The number of allylic oxidation sites excluding steroid dienone is 1. The number of carbonyl (C=O) groups is 2. The molecule has 0 spiro atoms. The van der Waals surface area contributed by atoms with Crippen molar-refractivity contribution in [2.75, 3.05) is 22.9 Å². The Kier molecular flexibility index (Phi) is 7.76. The van der Waals surface area contributed by atoms with Crippen molar-refractivity contribution < 1.29 is 9.59 Å². The molecule has 2 aliphatic rings. The van der Waals surface area contributed by atoms with Gasteiger partial charge in [0.25, 0.3) is 5.91 Å². The maximum absolute atomic E-state index is 12.6. The molecule has 5 nitrogen and oxygen atoms in total. The quantitative estimate of drug-likeness (QED) is 0.438. The second-order valence-corrected chi connectivity index (χ2v) is 9.60. The van der Waals surface area contributed by atoms with Crippen molar-refractivity contribution in [2.24, 2.45) is 0 Å². The van der Waals surface area contributed by atoms with Gasteiger partial charge >= 0.3 is 0 Å². The van der Waals surface area contributed by atoms with Crippen LogP contribution in [0, 0.1) is 0 Å². The summed E-state index contributed by atoms with van der Waals surface area (Å²) in [4.78, 5) is 25.1.